The molecule has 0 fully saturated rings. The van der Waals surface area contributed by atoms with Crippen LogP contribution in [0.4, 0.5) is 5.69 Å². The number of nitrogens with zero attached hydrogens (tertiary/aromatic N) is 3. The molecule has 5 nitrogen and oxygen atoms in total. The second-order valence-corrected chi connectivity index (χ2v) is 5.48. The van der Waals surface area contributed by atoms with E-state index >= 15 is 0 Å². The Balaban J connectivity index is 2.35. The minimum atomic E-state index is -0.373. The highest BCUT2D eigenvalue weighted by Crippen LogP contribution is 2.22. The van der Waals surface area contributed by atoms with Gasteiger partial charge in [-0.2, -0.15) is 10.4 Å². The molecule has 0 N–H and O–H groups in total. The number of nitriles is 1. The van der Waals surface area contributed by atoms with Crippen molar-refractivity contribution in [2.75, 3.05) is 11.6 Å². The zero-order valence-corrected chi connectivity index (χ0v) is 14.1. The van der Waals surface area contributed by atoms with Gasteiger partial charge in [0.2, 0.25) is 0 Å². The van der Waals surface area contributed by atoms with Crippen molar-refractivity contribution in [3.05, 3.63) is 64.3 Å². The van der Waals surface area contributed by atoms with E-state index in [1.807, 2.05) is 0 Å². The lowest BCUT2D eigenvalue weighted by Gasteiger charge is -2.17. The van der Waals surface area contributed by atoms with E-state index in [1.54, 1.807) is 54.7 Å². The smallest absolute Gasteiger partial charge is 0.338 e. The van der Waals surface area contributed by atoms with Crippen molar-refractivity contribution in [2.45, 2.75) is 6.92 Å². The molecule has 0 aromatic heterocycles. The van der Waals surface area contributed by atoms with Crippen LogP contribution in [0.5, 0.6) is 0 Å². The molecule has 23 heavy (non-hydrogen) atoms. The molecule has 0 saturated carbocycles. The number of allylic oxidation sites excluding steroid dienone is 4. The minimum Gasteiger partial charge on any atom is -0.462 e. The maximum atomic E-state index is 11.7. The Bertz CT molecular complexity index is 755. The molecule has 6 heteroatoms. The van der Waals surface area contributed by atoms with Crippen molar-refractivity contribution >= 4 is 33.8 Å². The number of benzene rings is 1. The van der Waals surface area contributed by atoms with E-state index in [9.17, 15) is 10.1 Å². The van der Waals surface area contributed by atoms with Crippen LogP contribution in [0.15, 0.2) is 63.9 Å². The molecule has 1 aliphatic heterocycles. The Morgan fingerprint density at radius 1 is 1.43 bits per heavy atom. The number of hydrazone groups is 1. The largest absolute Gasteiger partial charge is 0.462 e. The average Bonchev–Trinajstić information content (AvgIpc) is 2.54. The lowest BCUT2D eigenvalue weighted by molar-refractivity contribution is 0.0526. The SMILES string of the molecule is C=C1/C=C(Br)\C=N/N(c2ccc(C(=O)OCC)cc2)/C=C\1C#N. The number of esters is 1. The van der Waals surface area contributed by atoms with Gasteiger partial charge in [0.25, 0.3) is 0 Å². The molecule has 0 saturated heterocycles. The molecule has 0 spiro atoms. The Kier molecular flexibility index (Phi) is 5.50. The Morgan fingerprint density at radius 2 is 2.13 bits per heavy atom. The van der Waals surface area contributed by atoms with Crippen molar-refractivity contribution in [2.24, 2.45) is 5.10 Å². The standard InChI is InChI=1S/C17H14BrN3O2/c1-3-23-17(22)13-4-6-16(7-5-13)21-11-14(9-19)12(2)8-15(18)10-20-21/h4-8,10-11H,2-3H2,1H3/b14-11-,15-8+,20-10-. The number of hydrogen-bond acceptors (Lipinski definition) is 5. The molecule has 0 aliphatic carbocycles. The fourth-order valence-electron chi connectivity index (χ4n) is 1.84. The lowest BCUT2D eigenvalue weighted by atomic mass is 10.1. The predicted octanol–water partition coefficient (Wildman–Crippen LogP) is 3.91. The van der Waals surface area contributed by atoms with E-state index in [1.165, 1.54) is 0 Å². The molecule has 0 amide bonds. The number of anilines is 1. The summed E-state index contributed by atoms with van der Waals surface area (Å²) in [5.41, 5.74) is 2.14. The summed E-state index contributed by atoms with van der Waals surface area (Å²) in [5.74, 6) is -0.373. The van der Waals surface area contributed by atoms with Crippen molar-refractivity contribution < 1.29 is 9.53 Å². The van der Waals surface area contributed by atoms with Gasteiger partial charge < -0.3 is 4.74 Å². The molecule has 0 radical (unpaired) electrons. The van der Waals surface area contributed by atoms with Crippen LogP contribution in [0.2, 0.25) is 0 Å². The third kappa shape index (κ3) is 4.18. The van der Waals surface area contributed by atoms with Gasteiger partial charge in [0.1, 0.15) is 6.07 Å². The maximum Gasteiger partial charge on any atom is 0.338 e. The summed E-state index contributed by atoms with van der Waals surface area (Å²) in [4.78, 5) is 11.7. The first-order chi connectivity index (χ1) is 11.0. The van der Waals surface area contributed by atoms with E-state index < -0.39 is 0 Å². The Labute approximate surface area is 143 Å². The second kappa shape index (κ2) is 7.56. The second-order valence-electron chi connectivity index (χ2n) is 4.57. The van der Waals surface area contributed by atoms with Crippen LogP contribution in [-0.4, -0.2) is 18.8 Å². The highest BCUT2D eigenvalue weighted by atomic mass is 79.9. The molecule has 1 aromatic rings. The summed E-state index contributed by atoms with van der Waals surface area (Å²) >= 11 is 3.34. The molecule has 116 valence electrons. The summed E-state index contributed by atoms with van der Waals surface area (Å²) in [6.45, 7) is 5.94. The topological polar surface area (TPSA) is 65.7 Å². The van der Waals surface area contributed by atoms with E-state index in [-0.39, 0.29) is 5.97 Å². The highest BCUT2D eigenvalue weighted by molar-refractivity contribution is 9.12. The number of halogens is 1. The van der Waals surface area contributed by atoms with Gasteiger partial charge in [-0.1, -0.05) is 6.58 Å². The summed E-state index contributed by atoms with van der Waals surface area (Å²) < 4.78 is 5.66. The third-order valence-electron chi connectivity index (χ3n) is 2.98. The number of carbonyl (C=O) groups excluding carboxylic acids is 1. The quantitative estimate of drug-likeness (QED) is 0.755. The maximum absolute atomic E-state index is 11.7. The molecule has 0 unspecified atom stereocenters. The van der Waals surface area contributed by atoms with E-state index in [0.717, 1.165) is 0 Å². The van der Waals surface area contributed by atoms with Crippen LogP contribution in [0, 0.1) is 11.3 Å². The van der Waals surface area contributed by atoms with Gasteiger partial charge in [-0.15, -0.1) is 0 Å². The highest BCUT2D eigenvalue weighted by Gasteiger charge is 2.11. The van der Waals surface area contributed by atoms with Gasteiger partial charge in [-0.3, -0.25) is 0 Å². The predicted molar refractivity (Wildman–Crippen MR) is 93.2 cm³/mol. The summed E-state index contributed by atoms with van der Waals surface area (Å²) in [7, 11) is 0. The summed E-state index contributed by atoms with van der Waals surface area (Å²) in [6, 6.07) is 8.87. The van der Waals surface area contributed by atoms with E-state index in [4.69, 9.17) is 4.74 Å². The van der Waals surface area contributed by atoms with E-state index in [2.05, 4.69) is 33.7 Å². The van der Waals surface area contributed by atoms with Gasteiger partial charge >= 0.3 is 5.97 Å². The Morgan fingerprint density at radius 3 is 2.74 bits per heavy atom. The van der Waals surface area contributed by atoms with Gasteiger partial charge in [0.15, 0.2) is 0 Å². The van der Waals surface area contributed by atoms with Crippen LogP contribution >= 0.6 is 15.9 Å². The first-order valence-corrected chi connectivity index (χ1v) is 7.63. The van der Waals surface area contributed by atoms with Crippen LogP contribution in [0.3, 0.4) is 0 Å². The van der Waals surface area contributed by atoms with Crippen LogP contribution in [-0.2, 0) is 4.74 Å². The van der Waals surface area contributed by atoms with Crippen molar-refractivity contribution in [3.8, 4) is 6.07 Å². The van der Waals surface area contributed by atoms with E-state index in [0.29, 0.717) is 33.5 Å². The lowest BCUT2D eigenvalue weighted by Crippen LogP contribution is -2.11. The molecular weight excluding hydrogens is 358 g/mol. The number of hydrogen-bond donors (Lipinski definition) is 0. The number of ether oxygens (including phenoxy) is 1. The number of rotatable bonds is 3. The van der Waals surface area contributed by atoms with Crippen molar-refractivity contribution in [3.63, 3.8) is 0 Å². The van der Waals surface area contributed by atoms with Crippen LogP contribution in [0.1, 0.15) is 17.3 Å². The van der Waals surface area contributed by atoms with Crippen molar-refractivity contribution in [1.82, 2.24) is 0 Å². The summed E-state index contributed by atoms with van der Waals surface area (Å²) in [5, 5.41) is 15.1. The first-order valence-electron chi connectivity index (χ1n) is 6.84. The zero-order chi connectivity index (χ0) is 16.8. The molecule has 1 aliphatic rings. The third-order valence-corrected chi connectivity index (χ3v) is 3.41. The van der Waals surface area contributed by atoms with Gasteiger partial charge in [0, 0.05) is 10.7 Å². The fourth-order valence-corrected chi connectivity index (χ4v) is 2.21. The van der Waals surface area contributed by atoms with Crippen molar-refractivity contribution in [1.29, 1.82) is 5.26 Å². The molecule has 1 heterocycles. The Hall–Kier alpha value is -2.65. The zero-order valence-electron chi connectivity index (χ0n) is 12.5. The molecule has 1 aromatic carbocycles. The first kappa shape index (κ1) is 16.7. The fraction of sp³-hybridized carbons (Fsp3) is 0.118. The number of carbonyl (C=O) groups is 1. The van der Waals surface area contributed by atoms with Gasteiger partial charge in [-0.25, -0.2) is 9.80 Å². The van der Waals surface area contributed by atoms with Crippen LogP contribution in [0.25, 0.3) is 0 Å². The molecular formula is C17H14BrN3O2. The molecule has 2 rings (SSSR count). The normalized spacial score (nSPS) is 20.2. The van der Waals surface area contributed by atoms with Crippen LogP contribution < -0.4 is 5.01 Å². The van der Waals surface area contributed by atoms with Gasteiger partial charge in [0.05, 0.1) is 29.6 Å². The average molecular weight is 372 g/mol. The molecule has 0 atom stereocenters. The minimum absolute atomic E-state index is 0.327. The summed E-state index contributed by atoms with van der Waals surface area (Å²) in [6.07, 6.45) is 4.92. The monoisotopic (exact) mass is 371 g/mol. The molecule has 0 bridgehead atoms. The van der Waals surface area contributed by atoms with Gasteiger partial charge in [-0.05, 0) is 58.8 Å².